The average molecular weight is 322 g/mol. The van der Waals surface area contributed by atoms with Gasteiger partial charge in [-0.05, 0) is 37.6 Å². The van der Waals surface area contributed by atoms with Crippen molar-refractivity contribution in [3.05, 3.63) is 47.2 Å². The molecule has 5 nitrogen and oxygen atoms in total. The van der Waals surface area contributed by atoms with E-state index in [2.05, 4.69) is 9.38 Å². The molecular weight excluding hydrogens is 310 g/mol. The van der Waals surface area contributed by atoms with Gasteiger partial charge in [-0.3, -0.25) is 9.88 Å². The second kappa shape index (κ2) is 4.82. The largest absolute Gasteiger partial charge is 0.296 e. The second-order valence-corrected chi connectivity index (χ2v) is 6.66. The number of rotatable bonds is 1. The van der Waals surface area contributed by atoms with Crippen molar-refractivity contribution < 1.29 is 8.42 Å². The van der Waals surface area contributed by atoms with Crippen LogP contribution in [0.1, 0.15) is 12.5 Å². The van der Waals surface area contributed by atoms with E-state index in [0.717, 1.165) is 11.3 Å². The molecule has 2 aromatic rings. The van der Waals surface area contributed by atoms with Crippen LogP contribution in [0, 0.1) is 6.92 Å². The first kappa shape index (κ1) is 14.0. The number of nitrogens with zero attached hydrogens (tertiary/aromatic N) is 3. The minimum Gasteiger partial charge on any atom is -0.296 e. The van der Waals surface area contributed by atoms with Gasteiger partial charge in [-0.1, -0.05) is 17.7 Å². The van der Waals surface area contributed by atoms with Crippen molar-refractivity contribution in [2.75, 3.05) is 4.90 Å². The van der Waals surface area contributed by atoms with Gasteiger partial charge in [0.2, 0.25) is 0 Å². The molecule has 2 heterocycles. The van der Waals surface area contributed by atoms with Crippen LogP contribution >= 0.6 is 11.6 Å². The molecule has 1 aromatic carbocycles. The maximum Gasteiger partial charge on any atom is 0.287 e. The Morgan fingerprint density at radius 2 is 1.90 bits per heavy atom. The molecule has 108 valence electrons. The third-order valence-corrected chi connectivity index (χ3v) is 5.12. The Labute approximate surface area is 128 Å². The fourth-order valence-corrected chi connectivity index (χ4v) is 3.65. The summed E-state index contributed by atoms with van der Waals surface area (Å²) in [5, 5.41) is 0.615. The SMILES string of the molecule is CC1=NS(=O)(=O)c2cnccc2N1c1cccc(Cl)c1C. The molecule has 0 fully saturated rings. The van der Waals surface area contributed by atoms with Gasteiger partial charge in [-0.2, -0.15) is 8.42 Å². The zero-order valence-corrected chi connectivity index (χ0v) is 13.0. The van der Waals surface area contributed by atoms with Gasteiger partial charge in [-0.25, -0.2) is 0 Å². The summed E-state index contributed by atoms with van der Waals surface area (Å²) < 4.78 is 28.1. The number of amidine groups is 1. The minimum atomic E-state index is -3.70. The number of sulfonamides is 1. The second-order valence-electron chi connectivity index (χ2n) is 4.68. The smallest absolute Gasteiger partial charge is 0.287 e. The molecule has 0 amide bonds. The molecule has 0 spiro atoms. The lowest BCUT2D eigenvalue weighted by molar-refractivity contribution is 0.597. The first-order chi connectivity index (χ1) is 9.92. The van der Waals surface area contributed by atoms with E-state index in [1.54, 1.807) is 30.2 Å². The van der Waals surface area contributed by atoms with Crippen LogP contribution in [0.15, 0.2) is 46.0 Å². The van der Waals surface area contributed by atoms with E-state index >= 15 is 0 Å². The number of pyridine rings is 1. The third kappa shape index (κ3) is 2.20. The van der Waals surface area contributed by atoms with Crippen molar-refractivity contribution in [2.24, 2.45) is 4.40 Å². The van der Waals surface area contributed by atoms with Crippen LogP contribution < -0.4 is 4.90 Å². The molecule has 3 rings (SSSR count). The fraction of sp³-hybridized carbons (Fsp3) is 0.143. The van der Waals surface area contributed by atoms with Crippen LogP contribution in [0.3, 0.4) is 0 Å². The number of anilines is 2. The lowest BCUT2D eigenvalue weighted by Crippen LogP contribution is -2.30. The van der Waals surface area contributed by atoms with E-state index in [9.17, 15) is 8.42 Å². The predicted octanol–water partition coefficient (Wildman–Crippen LogP) is 3.30. The van der Waals surface area contributed by atoms with Crippen LogP contribution in [0.2, 0.25) is 5.02 Å². The summed E-state index contributed by atoms with van der Waals surface area (Å²) in [6.45, 7) is 3.54. The van der Waals surface area contributed by atoms with Crippen molar-refractivity contribution in [1.82, 2.24) is 4.98 Å². The van der Waals surface area contributed by atoms with E-state index in [1.807, 2.05) is 19.1 Å². The summed E-state index contributed by atoms with van der Waals surface area (Å²) in [6, 6.07) is 7.15. The molecule has 1 aliphatic heterocycles. The first-order valence-electron chi connectivity index (χ1n) is 6.22. The molecule has 21 heavy (non-hydrogen) atoms. The molecule has 7 heteroatoms. The van der Waals surface area contributed by atoms with Crippen molar-refractivity contribution in [1.29, 1.82) is 0 Å². The monoisotopic (exact) mass is 321 g/mol. The Bertz CT molecular complexity index is 862. The zero-order chi connectivity index (χ0) is 15.2. The van der Waals surface area contributed by atoms with Crippen molar-refractivity contribution in [3.63, 3.8) is 0 Å². The Kier molecular flexibility index (Phi) is 3.22. The van der Waals surface area contributed by atoms with E-state index in [0.29, 0.717) is 16.5 Å². The van der Waals surface area contributed by atoms with Gasteiger partial charge in [0.25, 0.3) is 10.0 Å². The summed E-state index contributed by atoms with van der Waals surface area (Å²) in [6.07, 6.45) is 2.87. The van der Waals surface area contributed by atoms with Gasteiger partial charge in [0.05, 0.1) is 11.4 Å². The first-order valence-corrected chi connectivity index (χ1v) is 8.04. The van der Waals surface area contributed by atoms with E-state index in [1.165, 1.54) is 6.20 Å². The summed E-state index contributed by atoms with van der Waals surface area (Å²) in [5.74, 6) is 0.374. The van der Waals surface area contributed by atoms with E-state index in [4.69, 9.17) is 11.6 Å². The molecule has 1 aliphatic rings. The molecule has 0 atom stereocenters. The highest BCUT2D eigenvalue weighted by molar-refractivity contribution is 7.90. The Balaban J connectivity index is 2.31. The normalized spacial score (nSPS) is 16.3. The highest BCUT2D eigenvalue weighted by Gasteiger charge is 2.30. The maximum atomic E-state index is 12.1. The van der Waals surface area contributed by atoms with E-state index < -0.39 is 10.0 Å². The lowest BCUT2D eigenvalue weighted by atomic mass is 10.1. The maximum absolute atomic E-state index is 12.1. The standard InChI is InChI=1S/C14H12ClN3O2S/c1-9-11(15)4-3-5-12(9)18-10(2)17-21(19,20)14-8-16-7-6-13(14)18/h3-8H,1-2H3. The van der Waals surface area contributed by atoms with Crippen LogP contribution in [0.5, 0.6) is 0 Å². The number of fused-ring (bicyclic) bond motifs is 1. The van der Waals surface area contributed by atoms with Crippen LogP contribution in [-0.2, 0) is 10.0 Å². The predicted molar refractivity (Wildman–Crippen MR) is 82.9 cm³/mol. The number of hydrogen-bond donors (Lipinski definition) is 0. The van der Waals surface area contributed by atoms with Gasteiger partial charge in [-0.15, -0.1) is 4.40 Å². The van der Waals surface area contributed by atoms with Gasteiger partial charge < -0.3 is 0 Å². The van der Waals surface area contributed by atoms with Gasteiger partial charge >= 0.3 is 0 Å². The minimum absolute atomic E-state index is 0.0926. The fourth-order valence-electron chi connectivity index (χ4n) is 2.34. The van der Waals surface area contributed by atoms with E-state index in [-0.39, 0.29) is 4.90 Å². The Morgan fingerprint density at radius 1 is 1.14 bits per heavy atom. The zero-order valence-electron chi connectivity index (χ0n) is 11.4. The number of halogens is 1. The molecule has 0 bridgehead atoms. The molecule has 1 aromatic heterocycles. The molecular formula is C14H12ClN3O2S. The summed E-state index contributed by atoms with van der Waals surface area (Å²) in [7, 11) is -3.70. The van der Waals surface area contributed by atoms with Gasteiger partial charge in [0.1, 0.15) is 10.7 Å². The summed E-state index contributed by atoms with van der Waals surface area (Å²) in [4.78, 5) is 5.76. The average Bonchev–Trinajstić information content (AvgIpc) is 2.43. The highest BCUT2D eigenvalue weighted by atomic mass is 35.5. The van der Waals surface area contributed by atoms with Crippen LogP contribution in [-0.4, -0.2) is 19.2 Å². The summed E-state index contributed by atoms with van der Waals surface area (Å²) in [5.41, 5.74) is 2.18. The number of benzene rings is 1. The van der Waals surface area contributed by atoms with Crippen LogP contribution in [0.25, 0.3) is 0 Å². The lowest BCUT2D eigenvalue weighted by Gasteiger charge is -2.30. The van der Waals surface area contributed by atoms with Gasteiger partial charge in [0.15, 0.2) is 0 Å². The topological polar surface area (TPSA) is 62.6 Å². The van der Waals surface area contributed by atoms with Crippen molar-refractivity contribution in [2.45, 2.75) is 18.7 Å². The molecule has 0 saturated heterocycles. The van der Waals surface area contributed by atoms with Crippen LogP contribution in [0.4, 0.5) is 11.4 Å². The van der Waals surface area contributed by atoms with Crippen molar-refractivity contribution in [3.8, 4) is 0 Å². The summed E-state index contributed by atoms with van der Waals surface area (Å²) >= 11 is 6.17. The Morgan fingerprint density at radius 3 is 2.67 bits per heavy atom. The molecule has 0 unspecified atom stereocenters. The highest BCUT2D eigenvalue weighted by Crippen LogP contribution is 2.38. The van der Waals surface area contributed by atoms with Crippen molar-refractivity contribution >= 4 is 38.8 Å². The third-order valence-electron chi connectivity index (χ3n) is 3.34. The Hall–Kier alpha value is -1.92. The molecule has 0 aliphatic carbocycles. The quantitative estimate of drug-likeness (QED) is 0.808. The number of aromatic nitrogens is 1. The number of hydrogen-bond acceptors (Lipinski definition) is 4. The molecule has 0 N–H and O–H groups in total. The molecule has 0 radical (unpaired) electrons. The van der Waals surface area contributed by atoms with Gasteiger partial charge in [0, 0.05) is 17.4 Å². The molecule has 0 saturated carbocycles.